The minimum absolute atomic E-state index is 0.311. The molecule has 0 saturated heterocycles. The van der Waals surface area contributed by atoms with Crippen molar-refractivity contribution in [3.8, 4) is 0 Å². The number of ether oxygens (including phenoxy) is 1. The zero-order valence-electron chi connectivity index (χ0n) is 12.1. The number of methoxy groups -OCH3 is 1. The van der Waals surface area contributed by atoms with E-state index >= 15 is 0 Å². The normalized spacial score (nSPS) is 10.6. The van der Waals surface area contributed by atoms with Crippen molar-refractivity contribution < 1.29 is 9.53 Å². The topological polar surface area (TPSA) is 44.1 Å². The molecule has 0 fully saturated rings. The fraction of sp³-hybridized carbons (Fsp3) is 0.333. The molecule has 2 aromatic rings. The Morgan fingerprint density at radius 3 is 2.65 bits per heavy atom. The summed E-state index contributed by atoms with van der Waals surface area (Å²) in [6, 6.07) is 7.80. The third kappa shape index (κ3) is 3.04. The molecule has 1 aromatic carbocycles. The highest BCUT2D eigenvalue weighted by molar-refractivity contribution is 7.98. The SMILES string of the molecule is COC(=O)c1ccc(SC)cc1Cn1nc(C)cc1C. The maximum absolute atomic E-state index is 11.9. The molecule has 0 aliphatic carbocycles. The predicted octanol–water partition coefficient (Wildman–Crippen LogP) is 3.06. The van der Waals surface area contributed by atoms with Gasteiger partial charge in [-0.15, -0.1) is 11.8 Å². The van der Waals surface area contributed by atoms with Crippen molar-refractivity contribution in [2.45, 2.75) is 25.3 Å². The molecule has 5 heteroatoms. The van der Waals surface area contributed by atoms with E-state index in [1.807, 2.05) is 49.1 Å². The zero-order chi connectivity index (χ0) is 14.7. The third-order valence-electron chi connectivity index (χ3n) is 3.14. The van der Waals surface area contributed by atoms with Crippen LogP contribution >= 0.6 is 11.8 Å². The molecule has 0 saturated carbocycles. The molecule has 1 aromatic heterocycles. The van der Waals surface area contributed by atoms with Crippen LogP contribution in [0.5, 0.6) is 0 Å². The van der Waals surface area contributed by atoms with Gasteiger partial charge < -0.3 is 4.74 Å². The summed E-state index contributed by atoms with van der Waals surface area (Å²) in [5, 5.41) is 4.45. The van der Waals surface area contributed by atoms with E-state index in [1.165, 1.54) is 7.11 Å². The maximum atomic E-state index is 11.9. The minimum atomic E-state index is -0.311. The number of rotatable bonds is 4. The second-order valence-electron chi connectivity index (χ2n) is 4.60. The molecule has 0 unspecified atom stereocenters. The predicted molar refractivity (Wildman–Crippen MR) is 80.4 cm³/mol. The lowest BCUT2D eigenvalue weighted by Crippen LogP contribution is -2.11. The molecule has 20 heavy (non-hydrogen) atoms. The van der Waals surface area contributed by atoms with E-state index in [0.717, 1.165) is 21.8 Å². The lowest BCUT2D eigenvalue weighted by Gasteiger charge is -2.11. The lowest BCUT2D eigenvalue weighted by atomic mass is 10.1. The smallest absolute Gasteiger partial charge is 0.338 e. The Morgan fingerprint density at radius 2 is 2.10 bits per heavy atom. The van der Waals surface area contributed by atoms with Gasteiger partial charge in [0.25, 0.3) is 0 Å². The van der Waals surface area contributed by atoms with Gasteiger partial charge in [0.05, 0.1) is 24.9 Å². The molecule has 0 spiro atoms. The number of carbonyl (C=O) groups is 1. The first-order valence-corrected chi connectivity index (χ1v) is 7.54. The Hall–Kier alpha value is -1.75. The van der Waals surface area contributed by atoms with Gasteiger partial charge in [0, 0.05) is 10.6 Å². The average Bonchev–Trinajstić information content (AvgIpc) is 2.76. The maximum Gasteiger partial charge on any atom is 0.338 e. The Balaban J connectivity index is 2.42. The number of aromatic nitrogens is 2. The number of thioether (sulfide) groups is 1. The highest BCUT2D eigenvalue weighted by atomic mass is 32.2. The minimum Gasteiger partial charge on any atom is -0.465 e. The van der Waals surface area contributed by atoms with Crippen LogP contribution in [-0.4, -0.2) is 29.1 Å². The molecule has 0 N–H and O–H groups in total. The molecule has 0 atom stereocenters. The van der Waals surface area contributed by atoms with Gasteiger partial charge in [0.15, 0.2) is 0 Å². The van der Waals surface area contributed by atoms with E-state index in [9.17, 15) is 4.79 Å². The van der Waals surface area contributed by atoms with Crippen LogP contribution in [0.15, 0.2) is 29.2 Å². The highest BCUT2D eigenvalue weighted by Gasteiger charge is 2.14. The Morgan fingerprint density at radius 1 is 1.35 bits per heavy atom. The largest absolute Gasteiger partial charge is 0.465 e. The van der Waals surface area contributed by atoms with Gasteiger partial charge in [-0.3, -0.25) is 4.68 Å². The molecule has 0 radical (unpaired) electrons. The molecule has 2 rings (SSSR count). The monoisotopic (exact) mass is 290 g/mol. The van der Waals surface area contributed by atoms with Gasteiger partial charge >= 0.3 is 5.97 Å². The van der Waals surface area contributed by atoms with E-state index in [-0.39, 0.29) is 5.97 Å². The number of esters is 1. The van der Waals surface area contributed by atoms with Gasteiger partial charge in [-0.2, -0.15) is 5.10 Å². The summed E-state index contributed by atoms with van der Waals surface area (Å²) in [7, 11) is 1.40. The van der Waals surface area contributed by atoms with Crippen molar-refractivity contribution in [3.63, 3.8) is 0 Å². The quantitative estimate of drug-likeness (QED) is 0.641. The van der Waals surface area contributed by atoms with E-state index in [2.05, 4.69) is 5.10 Å². The van der Waals surface area contributed by atoms with E-state index in [1.54, 1.807) is 11.8 Å². The number of hydrogen-bond donors (Lipinski definition) is 0. The first kappa shape index (κ1) is 14.7. The summed E-state index contributed by atoms with van der Waals surface area (Å²) < 4.78 is 6.75. The van der Waals surface area contributed by atoms with Crippen LogP contribution in [0.3, 0.4) is 0 Å². The van der Waals surface area contributed by atoms with Crippen molar-refractivity contribution in [2.24, 2.45) is 0 Å². The van der Waals surface area contributed by atoms with Crippen LogP contribution in [0, 0.1) is 13.8 Å². The van der Waals surface area contributed by atoms with Crippen molar-refractivity contribution in [1.82, 2.24) is 9.78 Å². The van der Waals surface area contributed by atoms with Crippen molar-refractivity contribution in [1.29, 1.82) is 0 Å². The van der Waals surface area contributed by atoms with Crippen molar-refractivity contribution in [2.75, 3.05) is 13.4 Å². The lowest BCUT2D eigenvalue weighted by molar-refractivity contribution is 0.0599. The standard InChI is InChI=1S/C15H18N2O2S/c1-10-7-11(2)17(16-10)9-12-8-13(20-4)5-6-14(12)15(18)19-3/h5-8H,9H2,1-4H3. The van der Waals surface area contributed by atoms with Gasteiger partial charge in [0.2, 0.25) is 0 Å². The van der Waals surface area contributed by atoms with E-state index in [0.29, 0.717) is 12.1 Å². The summed E-state index contributed by atoms with van der Waals surface area (Å²) >= 11 is 1.65. The molecule has 0 amide bonds. The van der Waals surface area contributed by atoms with E-state index < -0.39 is 0 Å². The zero-order valence-corrected chi connectivity index (χ0v) is 13.0. The number of benzene rings is 1. The molecular weight excluding hydrogens is 272 g/mol. The number of aryl methyl sites for hydroxylation is 2. The fourth-order valence-electron chi connectivity index (χ4n) is 2.13. The Labute approximate surface area is 123 Å². The Bertz CT molecular complexity index is 635. The van der Waals surface area contributed by atoms with Crippen LogP contribution in [0.2, 0.25) is 0 Å². The number of nitrogens with zero attached hydrogens (tertiary/aromatic N) is 2. The van der Waals surface area contributed by atoms with Crippen LogP contribution in [-0.2, 0) is 11.3 Å². The van der Waals surface area contributed by atoms with Crippen molar-refractivity contribution >= 4 is 17.7 Å². The van der Waals surface area contributed by atoms with Crippen LogP contribution in [0.1, 0.15) is 27.3 Å². The fourth-order valence-corrected chi connectivity index (χ4v) is 2.60. The van der Waals surface area contributed by atoms with Gasteiger partial charge in [-0.05, 0) is 49.9 Å². The summed E-state index contributed by atoms with van der Waals surface area (Å²) in [6.45, 7) is 4.54. The second-order valence-corrected chi connectivity index (χ2v) is 5.48. The summed E-state index contributed by atoms with van der Waals surface area (Å²) in [5.74, 6) is -0.311. The molecule has 4 nitrogen and oxygen atoms in total. The summed E-state index contributed by atoms with van der Waals surface area (Å²) in [4.78, 5) is 13.0. The van der Waals surface area contributed by atoms with Gasteiger partial charge in [-0.1, -0.05) is 0 Å². The molecule has 0 bridgehead atoms. The molecule has 0 aliphatic rings. The van der Waals surface area contributed by atoms with Gasteiger partial charge in [-0.25, -0.2) is 4.79 Å². The van der Waals surface area contributed by atoms with Gasteiger partial charge in [0.1, 0.15) is 0 Å². The molecule has 1 heterocycles. The first-order chi connectivity index (χ1) is 9.55. The molecular formula is C15H18N2O2S. The summed E-state index contributed by atoms with van der Waals surface area (Å²) in [5.41, 5.74) is 3.57. The number of carbonyl (C=O) groups excluding carboxylic acids is 1. The Kier molecular flexibility index (Phi) is 4.49. The molecule has 106 valence electrons. The average molecular weight is 290 g/mol. The van der Waals surface area contributed by atoms with E-state index in [4.69, 9.17) is 4.74 Å². The van der Waals surface area contributed by atoms with Crippen LogP contribution < -0.4 is 0 Å². The third-order valence-corrected chi connectivity index (χ3v) is 3.87. The summed E-state index contributed by atoms with van der Waals surface area (Å²) in [6.07, 6.45) is 2.01. The highest BCUT2D eigenvalue weighted by Crippen LogP contribution is 2.21. The van der Waals surface area contributed by atoms with Crippen LogP contribution in [0.4, 0.5) is 0 Å². The molecule has 0 aliphatic heterocycles. The first-order valence-electron chi connectivity index (χ1n) is 6.31. The second kappa shape index (κ2) is 6.13. The van der Waals surface area contributed by atoms with Crippen LogP contribution in [0.25, 0.3) is 0 Å². The number of hydrogen-bond acceptors (Lipinski definition) is 4. The van der Waals surface area contributed by atoms with Crippen molar-refractivity contribution in [3.05, 3.63) is 46.8 Å².